The van der Waals surface area contributed by atoms with Gasteiger partial charge in [0.15, 0.2) is 5.76 Å². The van der Waals surface area contributed by atoms with Crippen LogP contribution in [0.5, 0.6) is 0 Å². The number of nitrogens with one attached hydrogen (secondary N) is 2. The minimum absolute atomic E-state index is 0.0253. The lowest BCUT2D eigenvalue weighted by molar-refractivity contribution is -0.384. The average molecular weight is 481 g/mol. The summed E-state index contributed by atoms with van der Waals surface area (Å²) in [6.45, 7) is 1.78. The molecule has 0 fully saturated rings. The number of halogens is 1. The predicted octanol–water partition coefficient (Wildman–Crippen LogP) is 4.80. The van der Waals surface area contributed by atoms with E-state index in [0.29, 0.717) is 46.2 Å². The van der Waals surface area contributed by atoms with Crippen molar-refractivity contribution in [3.8, 4) is 0 Å². The van der Waals surface area contributed by atoms with E-state index in [2.05, 4.69) is 15.8 Å². The first-order valence-electron chi connectivity index (χ1n) is 10.6. The van der Waals surface area contributed by atoms with Gasteiger partial charge >= 0.3 is 0 Å². The van der Waals surface area contributed by atoms with E-state index >= 15 is 0 Å². The van der Waals surface area contributed by atoms with Gasteiger partial charge in [-0.05, 0) is 37.5 Å². The molecule has 0 radical (unpaired) electrons. The molecule has 1 aliphatic carbocycles. The first-order valence-corrected chi connectivity index (χ1v) is 11.0. The van der Waals surface area contributed by atoms with Gasteiger partial charge in [-0.1, -0.05) is 35.9 Å². The molecule has 9 nitrogen and oxygen atoms in total. The molecule has 2 aromatic carbocycles. The molecule has 4 rings (SSSR count). The molecule has 0 bridgehead atoms. The van der Waals surface area contributed by atoms with Crippen LogP contribution in [0.2, 0.25) is 5.02 Å². The first kappa shape index (κ1) is 23.2. The molecular formula is C24H21ClN4O5. The van der Waals surface area contributed by atoms with E-state index in [1.165, 1.54) is 24.3 Å². The highest BCUT2D eigenvalue weighted by Gasteiger charge is 2.28. The van der Waals surface area contributed by atoms with Crippen LogP contribution in [0, 0.1) is 17.0 Å². The van der Waals surface area contributed by atoms with Gasteiger partial charge in [0, 0.05) is 29.7 Å². The molecule has 0 aliphatic heterocycles. The number of rotatable bonds is 6. The number of anilines is 1. The lowest BCUT2D eigenvalue weighted by Gasteiger charge is -2.13. The Balaban J connectivity index is 1.48. The Morgan fingerprint density at radius 1 is 1.15 bits per heavy atom. The number of non-ortho nitro benzene ring substituents is 1. The Morgan fingerprint density at radius 2 is 1.88 bits per heavy atom. The Labute approximate surface area is 199 Å². The molecule has 1 aliphatic rings. The monoisotopic (exact) mass is 480 g/mol. The molecular weight excluding hydrogens is 460 g/mol. The van der Waals surface area contributed by atoms with Crippen molar-refractivity contribution in [2.75, 3.05) is 5.32 Å². The van der Waals surface area contributed by atoms with Crippen LogP contribution < -0.4 is 10.7 Å². The average Bonchev–Trinajstić information content (AvgIpc) is 3.17. The van der Waals surface area contributed by atoms with Crippen LogP contribution in [-0.4, -0.2) is 22.4 Å². The van der Waals surface area contributed by atoms with Crippen LogP contribution in [0.1, 0.15) is 45.8 Å². The Hall–Kier alpha value is -3.98. The number of nitro groups is 1. The third-order valence-corrected chi connectivity index (χ3v) is 5.81. The summed E-state index contributed by atoms with van der Waals surface area (Å²) >= 11 is 6.14. The zero-order valence-electron chi connectivity index (χ0n) is 18.3. The van der Waals surface area contributed by atoms with Gasteiger partial charge in [0.05, 0.1) is 27.8 Å². The fraction of sp³-hybridized carbons (Fsp3) is 0.208. The van der Waals surface area contributed by atoms with Gasteiger partial charge in [-0.25, -0.2) is 5.43 Å². The quantitative estimate of drug-likeness (QED) is 0.387. The Bertz CT molecular complexity index is 1300. The van der Waals surface area contributed by atoms with E-state index < -0.39 is 10.8 Å². The summed E-state index contributed by atoms with van der Waals surface area (Å²) < 4.78 is 5.87. The SMILES string of the molecule is Cc1c(C(=O)Nc2ccccc2Cl)oc2c1/C(=N/NC(=O)Cc1ccc([N+](=O)[O-])cc1)CCC2. The largest absolute Gasteiger partial charge is 0.455 e. The van der Waals surface area contributed by atoms with Gasteiger partial charge in [0.25, 0.3) is 11.6 Å². The number of para-hydroxylation sites is 1. The third kappa shape index (κ3) is 4.99. The van der Waals surface area contributed by atoms with Crippen molar-refractivity contribution < 1.29 is 18.9 Å². The topological polar surface area (TPSA) is 127 Å². The fourth-order valence-electron chi connectivity index (χ4n) is 3.83. The van der Waals surface area contributed by atoms with Gasteiger partial charge < -0.3 is 9.73 Å². The van der Waals surface area contributed by atoms with E-state index in [0.717, 1.165) is 12.0 Å². The highest BCUT2D eigenvalue weighted by atomic mass is 35.5. The van der Waals surface area contributed by atoms with Crippen LogP contribution in [0.25, 0.3) is 0 Å². The maximum absolute atomic E-state index is 12.8. The summed E-state index contributed by atoms with van der Waals surface area (Å²) in [7, 11) is 0. The van der Waals surface area contributed by atoms with Crippen molar-refractivity contribution in [2.45, 2.75) is 32.6 Å². The van der Waals surface area contributed by atoms with Crippen molar-refractivity contribution in [1.82, 2.24) is 5.43 Å². The lowest BCUT2D eigenvalue weighted by Crippen LogP contribution is -2.23. The molecule has 174 valence electrons. The number of nitro benzene ring substituents is 1. The van der Waals surface area contributed by atoms with Crippen LogP contribution in [0.3, 0.4) is 0 Å². The van der Waals surface area contributed by atoms with Gasteiger partial charge in [-0.15, -0.1) is 0 Å². The summed E-state index contributed by atoms with van der Waals surface area (Å²) in [5.74, 6) is 0.0565. The number of benzene rings is 2. The number of hydrazone groups is 1. The number of carbonyl (C=O) groups is 2. The fourth-order valence-corrected chi connectivity index (χ4v) is 4.01. The van der Waals surface area contributed by atoms with Gasteiger partial charge in [0.2, 0.25) is 5.91 Å². The Kier molecular flexibility index (Phi) is 6.74. The van der Waals surface area contributed by atoms with Crippen LogP contribution >= 0.6 is 11.6 Å². The summed E-state index contributed by atoms with van der Waals surface area (Å²) in [5, 5.41) is 18.2. The molecule has 2 N–H and O–H groups in total. The minimum atomic E-state index is -0.493. The van der Waals surface area contributed by atoms with Crippen molar-refractivity contribution in [2.24, 2.45) is 5.10 Å². The maximum atomic E-state index is 12.8. The molecule has 0 atom stereocenters. The standard InChI is InChI=1S/C24H21ClN4O5/c1-14-22-19(27-28-21(30)13-15-9-11-16(12-10-15)29(32)33)7-4-8-20(22)34-23(14)24(31)26-18-6-3-2-5-17(18)25/h2-3,5-6,9-12H,4,7-8,13H2,1H3,(H,26,31)(H,28,30)/b27-19+. The second-order valence-electron chi connectivity index (χ2n) is 7.84. The molecule has 0 saturated carbocycles. The third-order valence-electron chi connectivity index (χ3n) is 5.48. The number of carbonyl (C=O) groups excluding carboxylic acids is 2. The van der Waals surface area contributed by atoms with Crippen molar-refractivity contribution in [3.63, 3.8) is 0 Å². The first-order chi connectivity index (χ1) is 16.3. The summed E-state index contributed by atoms with van der Waals surface area (Å²) in [6.07, 6.45) is 2.07. The maximum Gasteiger partial charge on any atom is 0.291 e. The molecule has 2 amide bonds. The normalized spacial score (nSPS) is 13.9. The molecule has 0 saturated heterocycles. The summed E-state index contributed by atoms with van der Waals surface area (Å²) in [5.41, 5.74) is 5.63. The van der Waals surface area contributed by atoms with E-state index in [1.807, 2.05) is 0 Å². The number of furan rings is 1. The van der Waals surface area contributed by atoms with Crippen molar-refractivity contribution in [1.29, 1.82) is 0 Å². The highest BCUT2D eigenvalue weighted by Crippen LogP contribution is 2.31. The molecule has 34 heavy (non-hydrogen) atoms. The number of fused-ring (bicyclic) bond motifs is 1. The highest BCUT2D eigenvalue weighted by molar-refractivity contribution is 6.33. The van der Waals surface area contributed by atoms with Crippen LogP contribution in [0.15, 0.2) is 58.0 Å². The second-order valence-corrected chi connectivity index (χ2v) is 8.24. The molecule has 10 heteroatoms. The van der Waals surface area contributed by atoms with E-state index in [-0.39, 0.29) is 23.8 Å². The number of amides is 2. The van der Waals surface area contributed by atoms with E-state index in [9.17, 15) is 19.7 Å². The summed E-state index contributed by atoms with van der Waals surface area (Å²) in [6, 6.07) is 12.7. The number of nitrogens with zero attached hydrogens (tertiary/aromatic N) is 2. The zero-order valence-corrected chi connectivity index (χ0v) is 19.0. The van der Waals surface area contributed by atoms with Crippen LogP contribution in [-0.2, 0) is 17.6 Å². The van der Waals surface area contributed by atoms with E-state index in [4.69, 9.17) is 16.0 Å². The smallest absolute Gasteiger partial charge is 0.291 e. The number of hydrogen-bond acceptors (Lipinski definition) is 6. The molecule has 1 heterocycles. The Morgan fingerprint density at radius 3 is 2.59 bits per heavy atom. The second kappa shape index (κ2) is 9.88. The van der Waals surface area contributed by atoms with Gasteiger partial charge in [-0.2, -0.15) is 5.10 Å². The minimum Gasteiger partial charge on any atom is -0.455 e. The van der Waals surface area contributed by atoms with Gasteiger partial charge in [0.1, 0.15) is 5.76 Å². The molecule has 1 aromatic heterocycles. The van der Waals surface area contributed by atoms with Crippen LogP contribution in [0.4, 0.5) is 11.4 Å². The molecule has 3 aromatic rings. The number of aryl methyl sites for hydroxylation is 1. The molecule has 0 unspecified atom stereocenters. The van der Waals surface area contributed by atoms with Crippen molar-refractivity contribution in [3.05, 3.63) is 91.9 Å². The molecule has 0 spiro atoms. The van der Waals surface area contributed by atoms with Crippen molar-refractivity contribution >= 4 is 40.5 Å². The summed E-state index contributed by atoms with van der Waals surface area (Å²) in [4.78, 5) is 35.5. The van der Waals surface area contributed by atoms with Gasteiger partial charge in [-0.3, -0.25) is 19.7 Å². The zero-order chi connectivity index (χ0) is 24.2. The number of hydrogen-bond donors (Lipinski definition) is 2. The van der Waals surface area contributed by atoms with E-state index in [1.54, 1.807) is 31.2 Å². The predicted molar refractivity (Wildman–Crippen MR) is 127 cm³/mol. The lowest BCUT2D eigenvalue weighted by atomic mass is 9.93.